The lowest BCUT2D eigenvalue weighted by molar-refractivity contribution is -0.128. The molecule has 0 N–H and O–H groups in total. The number of rotatable bonds is 6. The van der Waals surface area contributed by atoms with Gasteiger partial charge in [0.15, 0.2) is 0 Å². The first-order valence-electron chi connectivity index (χ1n) is 8.82. The number of carbonyl (C=O) groups excluding carboxylic acids is 1. The first-order chi connectivity index (χ1) is 12.5. The van der Waals surface area contributed by atoms with Crippen LogP contribution in [0.25, 0.3) is 11.0 Å². The van der Waals surface area contributed by atoms with Gasteiger partial charge in [-0.05, 0) is 37.1 Å². The molecular weight excluding hydrogens is 326 g/mol. The minimum Gasteiger partial charge on any atom is -0.491 e. The number of fused-ring (bicyclic) bond motifs is 1. The van der Waals surface area contributed by atoms with Crippen molar-refractivity contribution in [2.75, 3.05) is 13.7 Å². The van der Waals surface area contributed by atoms with E-state index in [2.05, 4.69) is 36.6 Å². The van der Waals surface area contributed by atoms with E-state index in [-0.39, 0.29) is 5.91 Å². The second-order valence-electron chi connectivity index (χ2n) is 6.61. The van der Waals surface area contributed by atoms with Gasteiger partial charge in [-0.25, -0.2) is 4.98 Å². The fourth-order valence-corrected chi connectivity index (χ4v) is 3.08. The maximum atomic E-state index is 11.6. The molecule has 1 amide bonds. The van der Waals surface area contributed by atoms with Crippen molar-refractivity contribution >= 4 is 16.9 Å². The van der Waals surface area contributed by atoms with E-state index in [0.29, 0.717) is 19.7 Å². The quantitative estimate of drug-likeness (QED) is 0.680. The SMILES string of the molecule is CC(=O)N(C)Cc1nc2ccccc2n1CCOc1c(C)cccc1C. The summed E-state index contributed by atoms with van der Waals surface area (Å²) in [5, 5.41) is 0. The lowest BCUT2D eigenvalue weighted by Crippen LogP contribution is -2.25. The molecule has 136 valence electrons. The minimum absolute atomic E-state index is 0.0235. The van der Waals surface area contributed by atoms with E-state index < -0.39 is 0 Å². The maximum Gasteiger partial charge on any atom is 0.219 e. The number of amides is 1. The first-order valence-corrected chi connectivity index (χ1v) is 8.82. The van der Waals surface area contributed by atoms with E-state index >= 15 is 0 Å². The lowest BCUT2D eigenvalue weighted by atomic mass is 10.1. The Kier molecular flexibility index (Phi) is 5.26. The molecule has 0 atom stereocenters. The summed E-state index contributed by atoms with van der Waals surface area (Å²) in [6.07, 6.45) is 0. The zero-order chi connectivity index (χ0) is 18.7. The second kappa shape index (κ2) is 7.60. The number of aromatic nitrogens is 2. The zero-order valence-electron chi connectivity index (χ0n) is 15.8. The third-order valence-electron chi connectivity index (χ3n) is 4.62. The number of carbonyl (C=O) groups is 1. The van der Waals surface area contributed by atoms with Crippen molar-refractivity contribution in [2.24, 2.45) is 0 Å². The number of hydrogen-bond acceptors (Lipinski definition) is 3. The highest BCUT2D eigenvalue weighted by Crippen LogP contribution is 2.23. The molecule has 0 aliphatic rings. The van der Waals surface area contributed by atoms with E-state index in [0.717, 1.165) is 33.7 Å². The second-order valence-corrected chi connectivity index (χ2v) is 6.61. The Bertz CT molecular complexity index is 910. The maximum absolute atomic E-state index is 11.6. The average Bonchev–Trinajstić information content (AvgIpc) is 2.94. The smallest absolute Gasteiger partial charge is 0.219 e. The van der Waals surface area contributed by atoms with E-state index in [1.54, 1.807) is 18.9 Å². The van der Waals surface area contributed by atoms with E-state index in [1.165, 1.54) is 0 Å². The van der Waals surface area contributed by atoms with Gasteiger partial charge in [-0.15, -0.1) is 0 Å². The van der Waals surface area contributed by atoms with Gasteiger partial charge in [0.2, 0.25) is 5.91 Å². The van der Waals surface area contributed by atoms with Crippen molar-refractivity contribution in [2.45, 2.75) is 33.9 Å². The standard InChI is InChI=1S/C21H25N3O2/c1-15-8-7-9-16(2)21(15)26-13-12-24-19-11-6-5-10-18(19)22-20(24)14-23(4)17(3)25/h5-11H,12-14H2,1-4H3. The normalized spacial score (nSPS) is 10.9. The van der Waals surface area contributed by atoms with E-state index in [9.17, 15) is 4.79 Å². The molecule has 0 fully saturated rings. The number of benzene rings is 2. The van der Waals surface area contributed by atoms with Crippen LogP contribution in [0.4, 0.5) is 0 Å². The Balaban J connectivity index is 1.83. The number of aryl methyl sites for hydroxylation is 2. The van der Waals surface area contributed by atoms with Crippen LogP contribution in [-0.4, -0.2) is 34.0 Å². The van der Waals surface area contributed by atoms with E-state index in [1.807, 2.05) is 24.3 Å². The Morgan fingerprint density at radius 1 is 1.12 bits per heavy atom. The van der Waals surface area contributed by atoms with Gasteiger partial charge in [0.25, 0.3) is 0 Å². The summed E-state index contributed by atoms with van der Waals surface area (Å²) in [6, 6.07) is 14.2. The molecule has 0 unspecified atom stereocenters. The van der Waals surface area contributed by atoms with Crippen LogP contribution in [0.5, 0.6) is 5.75 Å². The number of hydrogen-bond donors (Lipinski definition) is 0. The molecule has 3 aromatic rings. The van der Waals surface area contributed by atoms with Crippen LogP contribution >= 0.6 is 0 Å². The van der Waals surface area contributed by atoms with Gasteiger partial charge in [0.05, 0.1) is 24.1 Å². The molecule has 5 nitrogen and oxygen atoms in total. The average molecular weight is 351 g/mol. The van der Waals surface area contributed by atoms with Crippen LogP contribution in [0.15, 0.2) is 42.5 Å². The molecule has 2 aromatic carbocycles. The Hall–Kier alpha value is -2.82. The molecule has 0 spiro atoms. The van der Waals surface area contributed by atoms with Crippen LogP contribution in [0.3, 0.4) is 0 Å². The largest absolute Gasteiger partial charge is 0.491 e. The first kappa shape index (κ1) is 18.0. The fourth-order valence-electron chi connectivity index (χ4n) is 3.08. The molecule has 0 aliphatic carbocycles. The summed E-state index contributed by atoms with van der Waals surface area (Å²) in [4.78, 5) is 18.0. The highest BCUT2D eigenvalue weighted by Gasteiger charge is 2.14. The predicted molar refractivity (Wildman–Crippen MR) is 103 cm³/mol. The highest BCUT2D eigenvalue weighted by atomic mass is 16.5. The predicted octanol–water partition coefficient (Wildman–Crippen LogP) is 3.71. The summed E-state index contributed by atoms with van der Waals surface area (Å²) in [6.45, 7) is 7.38. The highest BCUT2D eigenvalue weighted by molar-refractivity contribution is 5.76. The summed E-state index contributed by atoms with van der Waals surface area (Å²) in [5.41, 5.74) is 4.27. The third-order valence-corrected chi connectivity index (χ3v) is 4.62. The number of para-hydroxylation sites is 3. The molecule has 0 aliphatic heterocycles. The third kappa shape index (κ3) is 3.72. The van der Waals surface area contributed by atoms with Gasteiger partial charge >= 0.3 is 0 Å². The number of nitrogens with zero attached hydrogens (tertiary/aromatic N) is 3. The summed E-state index contributed by atoms with van der Waals surface area (Å²) >= 11 is 0. The van der Waals surface area contributed by atoms with Crippen LogP contribution in [0.1, 0.15) is 23.9 Å². The van der Waals surface area contributed by atoms with Crippen LogP contribution in [-0.2, 0) is 17.9 Å². The molecule has 0 radical (unpaired) electrons. The summed E-state index contributed by atoms with van der Waals surface area (Å²) < 4.78 is 8.21. The monoisotopic (exact) mass is 351 g/mol. The Morgan fingerprint density at radius 3 is 2.50 bits per heavy atom. The van der Waals surface area contributed by atoms with Crippen molar-refractivity contribution in [1.29, 1.82) is 0 Å². The van der Waals surface area contributed by atoms with E-state index in [4.69, 9.17) is 9.72 Å². The molecule has 0 bridgehead atoms. The lowest BCUT2D eigenvalue weighted by Gasteiger charge is -2.17. The minimum atomic E-state index is 0.0235. The molecule has 1 aromatic heterocycles. The fraction of sp³-hybridized carbons (Fsp3) is 0.333. The van der Waals surface area contributed by atoms with Gasteiger partial charge < -0.3 is 14.2 Å². The molecule has 26 heavy (non-hydrogen) atoms. The van der Waals surface area contributed by atoms with Gasteiger partial charge in [-0.1, -0.05) is 30.3 Å². The molecule has 0 saturated carbocycles. The Labute approximate surface area is 154 Å². The molecular formula is C21H25N3O2. The molecule has 0 saturated heterocycles. The van der Waals surface area contributed by atoms with Crippen LogP contribution in [0, 0.1) is 13.8 Å². The molecule has 1 heterocycles. The topological polar surface area (TPSA) is 47.4 Å². The van der Waals surface area contributed by atoms with Gasteiger partial charge in [0.1, 0.15) is 18.2 Å². The van der Waals surface area contributed by atoms with Crippen LogP contribution in [0.2, 0.25) is 0 Å². The van der Waals surface area contributed by atoms with Crippen molar-refractivity contribution in [3.63, 3.8) is 0 Å². The number of imidazole rings is 1. The van der Waals surface area contributed by atoms with Gasteiger partial charge in [-0.2, -0.15) is 0 Å². The van der Waals surface area contributed by atoms with Gasteiger partial charge in [-0.3, -0.25) is 4.79 Å². The van der Waals surface area contributed by atoms with Gasteiger partial charge in [0, 0.05) is 14.0 Å². The zero-order valence-corrected chi connectivity index (χ0v) is 15.8. The van der Waals surface area contributed by atoms with Crippen molar-refractivity contribution < 1.29 is 9.53 Å². The van der Waals surface area contributed by atoms with Crippen molar-refractivity contribution in [3.8, 4) is 5.75 Å². The van der Waals surface area contributed by atoms with Crippen LogP contribution < -0.4 is 4.74 Å². The molecule has 5 heteroatoms. The summed E-state index contributed by atoms with van der Waals surface area (Å²) in [7, 11) is 1.79. The van der Waals surface area contributed by atoms with Crippen molar-refractivity contribution in [1.82, 2.24) is 14.5 Å². The molecule has 3 rings (SSSR count). The van der Waals surface area contributed by atoms with Crippen molar-refractivity contribution in [3.05, 3.63) is 59.4 Å². The Morgan fingerprint density at radius 2 is 1.81 bits per heavy atom. The summed E-state index contributed by atoms with van der Waals surface area (Å²) in [5.74, 6) is 1.84. The number of ether oxygens (including phenoxy) is 1.